The van der Waals surface area contributed by atoms with Gasteiger partial charge in [0.15, 0.2) is 17.5 Å². The van der Waals surface area contributed by atoms with Crippen molar-refractivity contribution in [3.8, 4) is 56.4 Å². The summed E-state index contributed by atoms with van der Waals surface area (Å²) in [6.07, 6.45) is 0. The minimum atomic E-state index is -0.588. The van der Waals surface area contributed by atoms with Crippen LogP contribution in [-0.2, 0) is 0 Å². The van der Waals surface area contributed by atoms with E-state index in [1.807, 2.05) is 66.7 Å². The van der Waals surface area contributed by atoms with Crippen LogP contribution in [0.5, 0.6) is 0 Å². The number of rotatable bonds is 5. The Kier molecular flexibility index (Phi) is 4.78. The average molecular weight is 674 g/mol. The summed E-state index contributed by atoms with van der Waals surface area (Å²) >= 11 is 0. The third kappa shape index (κ3) is 5.28. The smallest absolute Gasteiger partial charge is 0.164 e. The van der Waals surface area contributed by atoms with Crippen LogP contribution in [0, 0.1) is 0 Å². The lowest BCUT2D eigenvalue weighted by atomic mass is 9.94. The molecular weight excluding hydrogens is 631 g/mol. The van der Waals surface area contributed by atoms with Gasteiger partial charge in [0.05, 0.1) is 16.4 Å². The molecule has 1 heterocycles. The van der Waals surface area contributed by atoms with Gasteiger partial charge >= 0.3 is 0 Å². The molecule has 0 aliphatic heterocycles. The number of nitrogens with zero attached hydrogens (tertiary/aromatic N) is 3. The van der Waals surface area contributed by atoms with E-state index in [4.69, 9.17) is 21.8 Å². The molecule has 0 saturated heterocycles. The first kappa shape index (κ1) is 20.0. The third-order valence-corrected chi connectivity index (χ3v) is 9.09. The summed E-state index contributed by atoms with van der Waals surface area (Å²) in [7, 11) is 0. The van der Waals surface area contributed by atoms with Crippen LogP contribution >= 0.6 is 0 Å². The molecule has 0 N–H and O–H groups in total. The lowest BCUT2D eigenvalue weighted by Crippen LogP contribution is -2.01. The van der Waals surface area contributed by atoms with E-state index in [9.17, 15) is 9.60 Å². The standard InChI is InChI=1S/C49H31N3/c1-2-12-34(13-3-1)44-21-9-17-35-18-10-22-45(46(35)44)49-51-47(40-27-23-32-11-4-5-15-36(32)30-40)50-48(52-49)41-28-25-37-29-39(26-24-38(37)31-41)43-20-8-16-33-14-6-7-19-42(33)43/h1-31H/i9D,10D,17D,18D,21D,22D,24D,25D,26D,28D,29D,31D. The highest BCUT2D eigenvalue weighted by molar-refractivity contribution is 6.06. The van der Waals surface area contributed by atoms with Gasteiger partial charge in [-0.15, -0.1) is 0 Å². The average Bonchev–Trinajstić information content (AvgIpc) is 3.31. The minimum absolute atomic E-state index is 0.000500. The normalized spacial score (nSPS) is 14.7. The van der Waals surface area contributed by atoms with E-state index in [-0.39, 0.29) is 79.4 Å². The van der Waals surface area contributed by atoms with E-state index in [0.29, 0.717) is 16.7 Å². The van der Waals surface area contributed by atoms with Crippen molar-refractivity contribution in [1.82, 2.24) is 15.0 Å². The quantitative estimate of drug-likeness (QED) is 0.182. The Morgan fingerprint density at radius 3 is 1.81 bits per heavy atom. The van der Waals surface area contributed by atoms with Crippen molar-refractivity contribution < 1.29 is 16.4 Å². The van der Waals surface area contributed by atoms with Gasteiger partial charge in [-0.2, -0.15) is 0 Å². The van der Waals surface area contributed by atoms with Crippen LogP contribution in [0.4, 0.5) is 0 Å². The summed E-state index contributed by atoms with van der Waals surface area (Å²) in [5.74, 6) is -0.588. The minimum Gasteiger partial charge on any atom is -0.208 e. The van der Waals surface area contributed by atoms with Gasteiger partial charge in [-0.1, -0.05) is 170 Å². The highest BCUT2D eigenvalue weighted by Gasteiger charge is 2.17. The van der Waals surface area contributed by atoms with E-state index in [2.05, 4.69) is 0 Å². The molecule has 52 heavy (non-hydrogen) atoms. The van der Waals surface area contributed by atoms with Gasteiger partial charge in [0, 0.05) is 22.1 Å². The van der Waals surface area contributed by atoms with Crippen molar-refractivity contribution in [2.24, 2.45) is 0 Å². The fourth-order valence-electron chi connectivity index (χ4n) is 6.58. The third-order valence-electron chi connectivity index (χ3n) is 9.09. The molecule has 0 radical (unpaired) electrons. The van der Waals surface area contributed by atoms with E-state index < -0.39 is 54.4 Å². The first-order chi connectivity index (χ1) is 30.8. The Morgan fingerprint density at radius 2 is 0.981 bits per heavy atom. The summed E-state index contributed by atoms with van der Waals surface area (Å²) in [6, 6.07) is 28.9. The second-order valence-electron chi connectivity index (χ2n) is 12.3. The lowest BCUT2D eigenvalue weighted by molar-refractivity contribution is 1.08. The summed E-state index contributed by atoms with van der Waals surface area (Å²) in [5.41, 5.74) is 1.11. The molecule has 0 aliphatic rings. The zero-order valence-electron chi connectivity index (χ0n) is 39.3. The van der Waals surface area contributed by atoms with Crippen LogP contribution in [0.1, 0.15) is 16.4 Å². The van der Waals surface area contributed by atoms with Gasteiger partial charge in [-0.3, -0.25) is 0 Å². The Morgan fingerprint density at radius 1 is 0.346 bits per heavy atom. The Balaban J connectivity index is 1.32. The van der Waals surface area contributed by atoms with E-state index >= 15 is 0 Å². The Hall–Kier alpha value is -6.97. The first-order valence-corrected chi connectivity index (χ1v) is 16.6. The molecule has 0 saturated carbocycles. The summed E-state index contributed by atoms with van der Waals surface area (Å²) in [5, 5.41) is 2.75. The molecule has 0 unspecified atom stereocenters. The van der Waals surface area contributed by atoms with Gasteiger partial charge in [0.2, 0.25) is 0 Å². The molecule has 0 bridgehead atoms. The van der Waals surface area contributed by atoms with Crippen molar-refractivity contribution in [3.05, 3.63) is 188 Å². The monoisotopic (exact) mass is 673 g/mol. The van der Waals surface area contributed by atoms with Gasteiger partial charge < -0.3 is 0 Å². The van der Waals surface area contributed by atoms with E-state index in [1.165, 1.54) is 0 Å². The molecule has 10 rings (SSSR count). The van der Waals surface area contributed by atoms with Gasteiger partial charge in [-0.05, 0) is 78.1 Å². The molecule has 0 fully saturated rings. The second-order valence-corrected chi connectivity index (χ2v) is 12.3. The van der Waals surface area contributed by atoms with Crippen molar-refractivity contribution >= 4 is 43.1 Å². The van der Waals surface area contributed by atoms with Crippen molar-refractivity contribution in [2.75, 3.05) is 0 Å². The van der Waals surface area contributed by atoms with Crippen LogP contribution in [0.3, 0.4) is 0 Å². The number of hydrogen-bond acceptors (Lipinski definition) is 3. The molecule has 10 aromatic rings. The van der Waals surface area contributed by atoms with Crippen molar-refractivity contribution in [2.45, 2.75) is 0 Å². The zero-order valence-corrected chi connectivity index (χ0v) is 27.3. The lowest BCUT2D eigenvalue weighted by Gasteiger charge is -2.14. The maximum atomic E-state index is 9.62. The van der Waals surface area contributed by atoms with Gasteiger partial charge in [-0.25, -0.2) is 15.0 Å². The number of fused-ring (bicyclic) bond motifs is 4. The number of aromatic nitrogens is 3. The van der Waals surface area contributed by atoms with Gasteiger partial charge in [0.25, 0.3) is 0 Å². The second kappa shape index (κ2) is 12.4. The molecule has 242 valence electrons. The molecule has 0 spiro atoms. The molecule has 3 heteroatoms. The van der Waals surface area contributed by atoms with Crippen molar-refractivity contribution in [3.63, 3.8) is 0 Å². The van der Waals surface area contributed by atoms with E-state index in [0.717, 1.165) is 21.5 Å². The maximum Gasteiger partial charge on any atom is 0.164 e. The summed E-state index contributed by atoms with van der Waals surface area (Å²) in [4.78, 5) is 14.4. The Labute approximate surface area is 318 Å². The topological polar surface area (TPSA) is 38.7 Å². The van der Waals surface area contributed by atoms with Crippen LogP contribution in [0.2, 0.25) is 0 Å². The highest BCUT2D eigenvalue weighted by Crippen LogP contribution is 2.37. The SMILES string of the molecule is [2H]c1c(-c2cccc3ccccc23)c([2H])c2c([2H])c([2H])c(-c3nc(-c4ccc5ccccc5c4)nc(-c4c([2H])c([2H])c([2H])c5c([2H])c([2H])c([2H])c(-c6ccccc6)c45)n3)c([2H])c2c1[2H]. The predicted molar refractivity (Wildman–Crippen MR) is 217 cm³/mol. The van der Waals surface area contributed by atoms with Crippen LogP contribution in [0.15, 0.2) is 188 Å². The van der Waals surface area contributed by atoms with Crippen LogP contribution < -0.4 is 0 Å². The summed E-state index contributed by atoms with van der Waals surface area (Å²) < 4.78 is 110. The molecule has 1 aromatic heterocycles. The fourth-order valence-corrected chi connectivity index (χ4v) is 6.58. The Bertz CT molecular complexity index is 3640. The molecule has 3 nitrogen and oxygen atoms in total. The number of benzene rings is 9. The zero-order chi connectivity index (χ0) is 44.9. The number of hydrogen-bond donors (Lipinski definition) is 0. The van der Waals surface area contributed by atoms with E-state index in [1.54, 1.807) is 48.5 Å². The molecule has 9 aromatic carbocycles. The fraction of sp³-hybridized carbons (Fsp3) is 0. The molecular formula is C49H31N3. The highest BCUT2D eigenvalue weighted by atomic mass is 15.0. The van der Waals surface area contributed by atoms with Crippen LogP contribution in [-0.4, -0.2) is 15.0 Å². The molecule has 0 aliphatic carbocycles. The largest absolute Gasteiger partial charge is 0.208 e. The summed E-state index contributed by atoms with van der Waals surface area (Å²) in [6.45, 7) is 0. The molecule has 0 amide bonds. The molecule has 0 atom stereocenters. The van der Waals surface area contributed by atoms with Crippen molar-refractivity contribution in [1.29, 1.82) is 0 Å². The maximum absolute atomic E-state index is 9.62. The van der Waals surface area contributed by atoms with Crippen LogP contribution in [0.25, 0.3) is 99.5 Å². The van der Waals surface area contributed by atoms with Gasteiger partial charge in [0.1, 0.15) is 0 Å². The first-order valence-electron chi connectivity index (χ1n) is 22.6. The predicted octanol–water partition coefficient (Wildman–Crippen LogP) is 12.8.